The fourth-order valence-electron chi connectivity index (χ4n) is 1.35. The van der Waals surface area contributed by atoms with Crippen LogP contribution in [0.2, 0.25) is 0 Å². The van der Waals surface area contributed by atoms with Crippen LogP contribution in [0, 0.1) is 0 Å². The molecule has 0 atom stereocenters. The molecule has 1 aromatic carbocycles. The van der Waals surface area contributed by atoms with Crippen molar-refractivity contribution in [2.45, 2.75) is 13.0 Å². The molecule has 1 aromatic rings. The van der Waals surface area contributed by atoms with E-state index in [0.29, 0.717) is 12.2 Å². The molecular formula is C12H15NO4. The van der Waals surface area contributed by atoms with Crippen molar-refractivity contribution in [1.29, 1.82) is 0 Å². The fourth-order valence-corrected chi connectivity index (χ4v) is 1.35. The number of rotatable bonds is 6. The van der Waals surface area contributed by atoms with Crippen LogP contribution < -0.4 is 5.32 Å². The zero-order chi connectivity index (χ0) is 12.7. The summed E-state index contributed by atoms with van der Waals surface area (Å²) in [5, 5.41) is 11.0. The van der Waals surface area contributed by atoms with Crippen molar-refractivity contribution in [2.24, 2.45) is 0 Å². The van der Waals surface area contributed by atoms with Gasteiger partial charge < -0.3 is 15.2 Å². The van der Waals surface area contributed by atoms with Gasteiger partial charge in [0.25, 0.3) is 5.91 Å². The second kappa shape index (κ2) is 6.65. The molecule has 0 aliphatic rings. The number of carbonyl (C=O) groups is 2. The standard InChI is InChI=1S/C12H15NO4/c1-17-8-9-3-2-4-10(7-9)12(16)13-6-5-11(14)15/h2-4,7H,5-6,8H2,1H3,(H,13,16)(H,14,15). The zero-order valence-corrected chi connectivity index (χ0v) is 9.60. The Kier molecular flexibility index (Phi) is 5.16. The average molecular weight is 237 g/mol. The van der Waals surface area contributed by atoms with Crippen LogP contribution in [-0.2, 0) is 16.1 Å². The van der Waals surface area contributed by atoms with Crippen molar-refractivity contribution < 1.29 is 19.4 Å². The van der Waals surface area contributed by atoms with Crippen molar-refractivity contribution in [3.05, 3.63) is 35.4 Å². The van der Waals surface area contributed by atoms with Gasteiger partial charge in [0, 0.05) is 19.2 Å². The molecule has 0 saturated heterocycles. The molecule has 0 spiro atoms. The van der Waals surface area contributed by atoms with Crippen LogP contribution in [0.4, 0.5) is 0 Å². The molecular weight excluding hydrogens is 222 g/mol. The molecule has 92 valence electrons. The van der Waals surface area contributed by atoms with E-state index in [-0.39, 0.29) is 18.9 Å². The predicted molar refractivity (Wildman–Crippen MR) is 61.7 cm³/mol. The number of aliphatic carboxylic acids is 1. The van der Waals surface area contributed by atoms with Gasteiger partial charge in [0.1, 0.15) is 0 Å². The maximum absolute atomic E-state index is 11.6. The number of carbonyl (C=O) groups excluding carboxylic acids is 1. The summed E-state index contributed by atoms with van der Waals surface area (Å²) in [7, 11) is 1.58. The minimum atomic E-state index is -0.932. The minimum absolute atomic E-state index is 0.0799. The number of ether oxygens (including phenoxy) is 1. The molecule has 17 heavy (non-hydrogen) atoms. The first-order chi connectivity index (χ1) is 8.13. The molecule has 1 rings (SSSR count). The number of carboxylic acid groups (broad SMARTS) is 1. The molecule has 0 saturated carbocycles. The number of hydrogen-bond donors (Lipinski definition) is 2. The molecule has 2 N–H and O–H groups in total. The van der Waals surface area contributed by atoms with Gasteiger partial charge in [0.2, 0.25) is 0 Å². The Morgan fingerprint density at radius 1 is 1.41 bits per heavy atom. The smallest absolute Gasteiger partial charge is 0.305 e. The summed E-state index contributed by atoms with van der Waals surface area (Å²) < 4.78 is 4.97. The molecule has 0 heterocycles. The fraction of sp³-hybridized carbons (Fsp3) is 0.333. The van der Waals surface area contributed by atoms with Gasteiger partial charge in [-0.2, -0.15) is 0 Å². The summed E-state index contributed by atoms with van der Waals surface area (Å²) in [6.45, 7) is 0.568. The summed E-state index contributed by atoms with van der Waals surface area (Å²) in [4.78, 5) is 21.9. The van der Waals surface area contributed by atoms with E-state index in [2.05, 4.69) is 5.32 Å². The molecule has 5 nitrogen and oxygen atoms in total. The third-order valence-corrected chi connectivity index (χ3v) is 2.12. The Bertz CT molecular complexity index is 403. The molecule has 0 bridgehead atoms. The van der Waals surface area contributed by atoms with E-state index in [4.69, 9.17) is 9.84 Å². The largest absolute Gasteiger partial charge is 0.481 e. The Hall–Kier alpha value is -1.88. The van der Waals surface area contributed by atoms with Crippen LogP contribution in [0.3, 0.4) is 0 Å². The third kappa shape index (κ3) is 4.65. The monoisotopic (exact) mass is 237 g/mol. The molecule has 0 radical (unpaired) electrons. The molecule has 0 aliphatic heterocycles. The van der Waals surface area contributed by atoms with Crippen LogP contribution in [0.5, 0.6) is 0 Å². The lowest BCUT2D eigenvalue weighted by Gasteiger charge is -2.05. The number of carboxylic acids is 1. The van der Waals surface area contributed by atoms with Gasteiger partial charge in [0.05, 0.1) is 13.0 Å². The normalized spacial score (nSPS) is 9.94. The summed E-state index contributed by atoms with van der Waals surface area (Å²) in [6, 6.07) is 7.02. The summed E-state index contributed by atoms with van der Waals surface area (Å²) in [6.07, 6.45) is -0.0799. The van der Waals surface area contributed by atoms with Gasteiger partial charge in [-0.3, -0.25) is 9.59 Å². The van der Waals surface area contributed by atoms with E-state index in [0.717, 1.165) is 5.56 Å². The lowest BCUT2D eigenvalue weighted by atomic mass is 10.1. The second-order valence-corrected chi connectivity index (χ2v) is 3.53. The predicted octanol–water partition coefficient (Wildman–Crippen LogP) is 1.04. The van der Waals surface area contributed by atoms with E-state index < -0.39 is 5.97 Å². The highest BCUT2D eigenvalue weighted by molar-refractivity contribution is 5.94. The number of amides is 1. The van der Waals surface area contributed by atoms with Crippen molar-refractivity contribution in [2.75, 3.05) is 13.7 Å². The van der Waals surface area contributed by atoms with Crippen molar-refractivity contribution in [3.8, 4) is 0 Å². The highest BCUT2D eigenvalue weighted by atomic mass is 16.5. The zero-order valence-electron chi connectivity index (χ0n) is 9.60. The minimum Gasteiger partial charge on any atom is -0.481 e. The van der Waals surface area contributed by atoms with Gasteiger partial charge in [-0.1, -0.05) is 12.1 Å². The number of hydrogen-bond acceptors (Lipinski definition) is 3. The number of methoxy groups -OCH3 is 1. The maximum atomic E-state index is 11.6. The highest BCUT2D eigenvalue weighted by Crippen LogP contribution is 2.06. The molecule has 0 aromatic heterocycles. The first-order valence-electron chi connectivity index (χ1n) is 5.21. The van der Waals surface area contributed by atoms with E-state index in [1.807, 2.05) is 6.07 Å². The van der Waals surface area contributed by atoms with Crippen LogP contribution in [-0.4, -0.2) is 30.6 Å². The van der Waals surface area contributed by atoms with E-state index in [1.54, 1.807) is 25.3 Å². The topological polar surface area (TPSA) is 75.6 Å². The Morgan fingerprint density at radius 3 is 2.82 bits per heavy atom. The first-order valence-corrected chi connectivity index (χ1v) is 5.21. The molecule has 0 fully saturated rings. The number of benzene rings is 1. The Balaban J connectivity index is 2.56. The van der Waals surface area contributed by atoms with Crippen molar-refractivity contribution in [3.63, 3.8) is 0 Å². The van der Waals surface area contributed by atoms with Crippen molar-refractivity contribution in [1.82, 2.24) is 5.32 Å². The Morgan fingerprint density at radius 2 is 2.18 bits per heavy atom. The van der Waals surface area contributed by atoms with E-state index in [1.165, 1.54) is 0 Å². The average Bonchev–Trinajstić information content (AvgIpc) is 2.29. The highest BCUT2D eigenvalue weighted by Gasteiger charge is 2.06. The molecule has 0 unspecified atom stereocenters. The van der Waals surface area contributed by atoms with Crippen molar-refractivity contribution >= 4 is 11.9 Å². The first kappa shape index (κ1) is 13.2. The quantitative estimate of drug-likeness (QED) is 0.775. The van der Waals surface area contributed by atoms with Gasteiger partial charge >= 0.3 is 5.97 Å². The second-order valence-electron chi connectivity index (χ2n) is 3.53. The molecule has 1 amide bonds. The maximum Gasteiger partial charge on any atom is 0.305 e. The van der Waals surface area contributed by atoms with Crippen LogP contribution in [0.1, 0.15) is 22.3 Å². The number of nitrogens with one attached hydrogen (secondary N) is 1. The molecule has 0 aliphatic carbocycles. The van der Waals surface area contributed by atoms with Gasteiger partial charge in [-0.05, 0) is 17.7 Å². The van der Waals surface area contributed by atoms with E-state index >= 15 is 0 Å². The lowest BCUT2D eigenvalue weighted by Crippen LogP contribution is -2.26. The van der Waals surface area contributed by atoms with Crippen LogP contribution in [0.15, 0.2) is 24.3 Å². The van der Waals surface area contributed by atoms with Gasteiger partial charge in [0.15, 0.2) is 0 Å². The Labute approximate surface area is 99.4 Å². The van der Waals surface area contributed by atoms with Crippen LogP contribution in [0.25, 0.3) is 0 Å². The van der Waals surface area contributed by atoms with E-state index in [9.17, 15) is 9.59 Å². The molecule has 5 heteroatoms. The SMILES string of the molecule is COCc1cccc(C(=O)NCCC(=O)O)c1. The van der Waals surface area contributed by atoms with Crippen LogP contribution >= 0.6 is 0 Å². The summed E-state index contributed by atoms with van der Waals surface area (Å²) in [5.74, 6) is -1.21. The summed E-state index contributed by atoms with van der Waals surface area (Å²) in [5.41, 5.74) is 1.41. The lowest BCUT2D eigenvalue weighted by molar-refractivity contribution is -0.136. The van der Waals surface area contributed by atoms with Gasteiger partial charge in [-0.25, -0.2) is 0 Å². The third-order valence-electron chi connectivity index (χ3n) is 2.12. The summed E-state index contributed by atoms with van der Waals surface area (Å²) >= 11 is 0. The van der Waals surface area contributed by atoms with Gasteiger partial charge in [-0.15, -0.1) is 0 Å².